The topological polar surface area (TPSA) is 38.7 Å². The van der Waals surface area contributed by atoms with Crippen LogP contribution in [0.4, 0.5) is 0 Å². The largest absolute Gasteiger partial charge is 0.208 e. The Morgan fingerprint density at radius 1 is 0.291 bits per heavy atom. The monoisotopic (exact) mass is 717 g/mol. The van der Waals surface area contributed by atoms with Crippen LogP contribution in [0.1, 0.15) is 0 Å². The minimum atomic E-state index is 0.635. The summed E-state index contributed by atoms with van der Waals surface area (Å²) in [5.74, 6) is 1.91. The van der Waals surface area contributed by atoms with E-state index in [1.165, 1.54) is 58.1 Å². The molecule has 0 aliphatic rings. The van der Waals surface area contributed by atoms with Gasteiger partial charge in [-0.3, -0.25) is 0 Å². The standard InChI is InChI=1S/C51H31N3S/c1-2-14-32(15-3-1)36-18-8-10-23-42(36)50-52-49(35-27-29-47-45(31-35)39-21-12-13-25-46(39)55-47)53-51(54-50)43-24-11-9-22-40(43)48-38-20-7-5-17-34(38)30-44-37-19-6-4-16-33(37)26-28-41(44)48/h1-31H. The summed E-state index contributed by atoms with van der Waals surface area (Å²) < 4.78 is 2.52. The zero-order valence-corrected chi connectivity index (χ0v) is 30.5. The van der Waals surface area contributed by atoms with Gasteiger partial charge in [-0.05, 0) is 84.9 Å². The van der Waals surface area contributed by atoms with Gasteiger partial charge < -0.3 is 0 Å². The lowest BCUT2D eigenvalue weighted by Gasteiger charge is -2.17. The SMILES string of the molecule is c1ccc(-c2ccccc2-c2nc(-c3ccc4sc5ccccc5c4c3)nc(-c3ccccc3-c3c4ccccc4cc4c3ccc3ccccc34)n2)cc1. The summed E-state index contributed by atoms with van der Waals surface area (Å²) in [6, 6.07) is 66.9. The van der Waals surface area contributed by atoms with Gasteiger partial charge in [0.25, 0.3) is 0 Å². The molecule has 9 aromatic carbocycles. The van der Waals surface area contributed by atoms with Gasteiger partial charge in [0.2, 0.25) is 0 Å². The van der Waals surface area contributed by atoms with Crippen molar-refractivity contribution in [3.63, 3.8) is 0 Å². The third-order valence-electron chi connectivity index (χ3n) is 10.7. The molecule has 2 aromatic heterocycles. The molecule has 0 spiro atoms. The van der Waals surface area contributed by atoms with Crippen LogP contribution in [0.3, 0.4) is 0 Å². The molecule has 11 aromatic rings. The van der Waals surface area contributed by atoms with Gasteiger partial charge in [0, 0.05) is 36.9 Å². The first kappa shape index (κ1) is 31.5. The molecule has 0 saturated heterocycles. The van der Waals surface area contributed by atoms with Crippen LogP contribution in [-0.4, -0.2) is 15.0 Å². The van der Waals surface area contributed by atoms with Crippen molar-refractivity contribution < 1.29 is 0 Å². The number of benzene rings is 9. The number of hydrogen-bond acceptors (Lipinski definition) is 4. The van der Waals surface area contributed by atoms with Crippen molar-refractivity contribution in [2.45, 2.75) is 0 Å². The third kappa shape index (κ3) is 5.30. The highest BCUT2D eigenvalue weighted by Crippen LogP contribution is 2.43. The summed E-state index contributed by atoms with van der Waals surface area (Å²) >= 11 is 1.81. The molecule has 4 heteroatoms. The van der Waals surface area contributed by atoms with Crippen LogP contribution < -0.4 is 0 Å². The van der Waals surface area contributed by atoms with Gasteiger partial charge in [-0.2, -0.15) is 0 Å². The van der Waals surface area contributed by atoms with Crippen LogP contribution in [0.5, 0.6) is 0 Å². The fraction of sp³-hybridized carbons (Fsp3) is 0. The number of aromatic nitrogens is 3. The maximum Gasteiger partial charge on any atom is 0.164 e. The van der Waals surface area contributed by atoms with Crippen molar-refractivity contribution in [3.8, 4) is 56.4 Å². The molecule has 0 radical (unpaired) electrons. The molecule has 11 rings (SSSR count). The molecule has 0 saturated carbocycles. The van der Waals surface area contributed by atoms with Gasteiger partial charge in [0.1, 0.15) is 0 Å². The zero-order chi connectivity index (χ0) is 36.3. The molecule has 2 heterocycles. The molecule has 0 atom stereocenters. The second-order valence-electron chi connectivity index (χ2n) is 13.9. The first-order valence-electron chi connectivity index (χ1n) is 18.5. The molecule has 0 amide bonds. The normalized spacial score (nSPS) is 11.6. The van der Waals surface area contributed by atoms with Gasteiger partial charge in [-0.15, -0.1) is 11.3 Å². The van der Waals surface area contributed by atoms with Gasteiger partial charge in [-0.1, -0.05) is 158 Å². The lowest BCUT2D eigenvalue weighted by molar-refractivity contribution is 1.08. The van der Waals surface area contributed by atoms with Gasteiger partial charge in [0.05, 0.1) is 0 Å². The zero-order valence-electron chi connectivity index (χ0n) is 29.6. The Morgan fingerprint density at radius 2 is 0.873 bits per heavy atom. The number of fused-ring (bicyclic) bond motifs is 7. The highest BCUT2D eigenvalue weighted by atomic mass is 32.1. The van der Waals surface area contributed by atoms with E-state index < -0.39 is 0 Å². The van der Waals surface area contributed by atoms with Crippen LogP contribution in [0.15, 0.2) is 188 Å². The number of hydrogen-bond donors (Lipinski definition) is 0. The smallest absolute Gasteiger partial charge is 0.164 e. The molecular formula is C51H31N3S. The summed E-state index contributed by atoms with van der Waals surface area (Å²) in [5.41, 5.74) is 7.32. The lowest BCUT2D eigenvalue weighted by Crippen LogP contribution is -2.02. The Morgan fingerprint density at radius 3 is 1.67 bits per heavy atom. The average Bonchev–Trinajstić information content (AvgIpc) is 3.64. The second-order valence-corrected chi connectivity index (χ2v) is 15.0. The molecule has 0 unspecified atom stereocenters. The van der Waals surface area contributed by atoms with E-state index in [2.05, 4.69) is 182 Å². The van der Waals surface area contributed by atoms with Crippen LogP contribution in [-0.2, 0) is 0 Å². The predicted molar refractivity (Wildman–Crippen MR) is 232 cm³/mol. The molecule has 55 heavy (non-hydrogen) atoms. The molecule has 256 valence electrons. The quantitative estimate of drug-likeness (QED) is 0.131. The van der Waals surface area contributed by atoms with Crippen LogP contribution in [0.25, 0.3) is 109 Å². The van der Waals surface area contributed by atoms with E-state index >= 15 is 0 Å². The minimum Gasteiger partial charge on any atom is -0.208 e. The third-order valence-corrected chi connectivity index (χ3v) is 11.9. The van der Waals surface area contributed by atoms with E-state index in [-0.39, 0.29) is 0 Å². The minimum absolute atomic E-state index is 0.635. The number of rotatable bonds is 5. The average molecular weight is 718 g/mol. The predicted octanol–water partition coefficient (Wildman–Crippen LogP) is 14.0. The Kier molecular flexibility index (Phi) is 7.35. The van der Waals surface area contributed by atoms with Gasteiger partial charge >= 0.3 is 0 Å². The van der Waals surface area contributed by atoms with Crippen molar-refractivity contribution >= 4 is 63.8 Å². The summed E-state index contributed by atoms with van der Waals surface area (Å²) in [4.78, 5) is 16.0. The van der Waals surface area contributed by atoms with E-state index in [1.54, 1.807) is 0 Å². The lowest BCUT2D eigenvalue weighted by atomic mass is 9.88. The van der Waals surface area contributed by atoms with E-state index in [0.717, 1.165) is 33.4 Å². The molecule has 3 nitrogen and oxygen atoms in total. The summed E-state index contributed by atoms with van der Waals surface area (Å²) in [5, 5.41) is 9.73. The Balaban J connectivity index is 1.20. The van der Waals surface area contributed by atoms with Crippen molar-refractivity contribution in [2.75, 3.05) is 0 Å². The van der Waals surface area contributed by atoms with E-state index in [0.29, 0.717) is 17.5 Å². The summed E-state index contributed by atoms with van der Waals surface area (Å²) in [7, 11) is 0. The number of thiophene rings is 1. The van der Waals surface area contributed by atoms with E-state index in [9.17, 15) is 0 Å². The molecule has 0 fully saturated rings. The fourth-order valence-corrected chi connectivity index (χ4v) is 9.25. The fourth-order valence-electron chi connectivity index (χ4n) is 8.17. The maximum atomic E-state index is 5.36. The van der Waals surface area contributed by atoms with Crippen molar-refractivity contribution in [3.05, 3.63) is 188 Å². The van der Waals surface area contributed by atoms with Crippen LogP contribution in [0, 0.1) is 0 Å². The molecule has 0 aliphatic carbocycles. The summed E-state index contributed by atoms with van der Waals surface area (Å²) in [6.07, 6.45) is 0. The van der Waals surface area contributed by atoms with Crippen LogP contribution in [0.2, 0.25) is 0 Å². The summed E-state index contributed by atoms with van der Waals surface area (Å²) in [6.45, 7) is 0. The van der Waals surface area contributed by atoms with Crippen molar-refractivity contribution in [1.82, 2.24) is 15.0 Å². The Bertz CT molecular complexity index is 3270. The molecule has 0 aliphatic heterocycles. The molecular weight excluding hydrogens is 687 g/mol. The first-order chi connectivity index (χ1) is 27.3. The Hall–Kier alpha value is -7.01. The van der Waals surface area contributed by atoms with Crippen molar-refractivity contribution in [1.29, 1.82) is 0 Å². The first-order valence-corrected chi connectivity index (χ1v) is 19.3. The maximum absolute atomic E-state index is 5.36. The Labute approximate surface area is 321 Å². The highest BCUT2D eigenvalue weighted by Gasteiger charge is 2.21. The molecule has 0 N–H and O–H groups in total. The highest BCUT2D eigenvalue weighted by molar-refractivity contribution is 7.25. The molecule has 0 bridgehead atoms. The van der Waals surface area contributed by atoms with Gasteiger partial charge in [-0.25, -0.2) is 15.0 Å². The van der Waals surface area contributed by atoms with E-state index in [4.69, 9.17) is 15.0 Å². The van der Waals surface area contributed by atoms with E-state index in [1.807, 2.05) is 17.4 Å². The van der Waals surface area contributed by atoms with Gasteiger partial charge in [0.15, 0.2) is 17.5 Å². The van der Waals surface area contributed by atoms with Crippen LogP contribution >= 0.6 is 11.3 Å². The van der Waals surface area contributed by atoms with Crippen molar-refractivity contribution in [2.24, 2.45) is 0 Å². The second kappa shape index (κ2) is 12.8. The number of nitrogens with zero attached hydrogens (tertiary/aromatic N) is 3.